The highest BCUT2D eigenvalue weighted by molar-refractivity contribution is 6.15. The van der Waals surface area contributed by atoms with Crippen molar-refractivity contribution in [1.82, 2.24) is 4.57 Å². The van der Waals surface area contributed by atoms with E-state index in [4.69, 9.17) is 23.7 Å². The van der Waals surface area contributed by atoms with Crippen molar-refractivity contribution >= 4 is 28.7 Å². The number of Topliss-reactive ketones (excluding diaryl/α,β-unsaturated/α-hetero) is 1. The van der Waals surface area contributed by atoms with Gasteiger partial charge in [0.25, 0.3) is 0 Å². The fourth-order valence-electron chi connectivity index (χ4n) is 4.35. The lowest BCUT2D eigenvalue weighted by Gasteiger charge is -2.11. The van der Waals surface area contributed by atoms with Gasteiger partial charge in [-0.2, -0.15) is 0 Å². The second kappa shape index (κ2) is 9.39. The Kier molecular flexibility index (Phi) is 6.09. The average molecular weight is 500 g/mol. The van der Waals surface area contributed by atoms with Crippen LogP contribution in [-0.2, 0) is 7.05 Å². The number of hydrogen-bond donors (Lipinski definition) is 0. The van der Waals surface area contributed by atoms with Gasteiger partial charge in [0.15, 0.2) is 5.76 Å². The molecule has 3 aromatic carbocycles. The van der Waals surface area contributed by atoms with Crippen molar-refractivity contribution in [2.45, 2.75) is 6.92 Å². The Morgan fingerprint density at radius 1 is 0.919 bits per heavy atom. The Hall–Kier alpha value is -4.72. The van der Waals surface area contributed by atoms with E-state index in [1.54, 1.807) is 50.4 Å². The van der Waals surface area contributed by atoms with Crippen molar-refractivity contribution in [3.05, 3.63) is 82.7 Å². The van der Waals surface area contributed by atoms with E-state index in [1.165, 1.54) is 14.2 Å². The lowest BCUT2D eigenvalue weighted by Crippen LogP contribution is -2.10. The largest absolute Gasteiger partial charge is 0.497 e. The number of nitrogens with zero attached hydrogens (tertiary/aromatic N) is 1. The molecule has 2 heterocycles. The molecule has 1 aromatic heterocycles. The number of carbonyl (C=O) groups is 2. The van der Waals surface area contributed by atoms with Crippen LogP contribution >= 0.6 is 0 Å². The molecule has 0 spiro atoms. The van der Waals surface area contributed by atoms with Gasteiger partial charge in [0.2, 0.25) is 5.78 Å². The molecule has 0 N–H and O–H groups in total. The molecule has 0 bridgehead atoms. The van der Waals surface area contributed by atoms with Crippen LogP contribution in [0.15, 0.2) is 60.5 Å². The van der Waals surface area contributed by atoms with Crippen LogP contribution in [0.1, 0.15) is 31.8 Å². The minimum Gasteiger partial charge on any atom is -0.497 e. The molecule has 8 nitrogen and oxygen atoms in total. The first-order valence-electron chi connectivity index (χ1n) is 11.5. The molecular weight excluding hydrogens is 474 g/mol. The summed E-state index contributed by atoms with van der Waals surface area (Å²) in [5.41, 5.74) is 3.03. The summed E-state index contributed by atoms with van der Waals surface area (Å²) in [5.74, 6) is 1.65. The number of carbonyl (C=O) groups excluding carboxylic acids is 2. The summed E-state index contributed by atoms with van der Waals surface area (Å²) in [6, 6.07) is 13.8. The van der Waals surface area contributed by atoms with E-state index in [1.807, 2.05) is 36.0 Å². The Labute approximate surface area is 213 Å². The average Bonchev–Trinajstić information content (AvgIpc) is 3.41. The van der Waals surface area contributed by atoms with E-state index in [9.17, 15) is 9.59 Å². The van der Waals surface area contributed by atoms with Crippen molar-refractivity contribution in [2.24, 2.45) is 7.05 Å². The van der Waals surface area contributed by atoms with Crippen LogP contribution in [0.4, 0.5) is 0 Å². The van der Waals surface area contributed by atoms with Crippen LogP contribution in [0.3, 0.4) is 0 Å². The summed E-state index contributed by atoms with van der Waals surface area (Å²) < 4.78 is 29.5. The van der Waals surface area contributed by atoms with Crippen LogP contribution in [0.2, 0.25) is 0 Å². The summed E-state index contributed by atoms with van der Waals surface area (Å²) in [5, 5.41) is 0.932. The van der Waals surface area contributed by atoms with Gasteiger partial charge in [0.05, 0.1) is 32.5 Å². The summed E-state index contributed by atoms with van der Waals surface area (Å²) in [6.45, 7) is 1.74. The van der Waals surface area contributed by atoms with Crippen LogP contribution in [0, 0.1) is 6.92 Å². The first kappa shape index (κ1) is 24.0. The van der Waals surface area contributed by atoms with E-state index in [2.05, 4.69) is 0 Å². The first-order valence-corrected chi connectivity index (χ1v) is 11.5. The van der Waals surface area contributed by atoms with Gasteiger partial charge in [0.1, 0.15) is 28.7 Å². The molecule has 0 aliphatic carbocycles. The second-order valence-corrected chi connectivity index (χ2v) is 8.57. The molecule has 0 atom stereocenters. The van der Waals surface area contributed by atoms with Crippen molar-refractivity contribution in [3.8, 4) is 28.7 Å². The van der Waals surface area contributed by atoms with Gasteiger partial charge < -0.3 is 28.3 Å². The molecule has 0 amide bonds. The predicted octanol–water partition coefficient (Wildman–Crippen LogP) is 5.35. The fourth-order valence-corrected chi connectivity index (χ4v) is 4.35. The lowest BCUT2D eigenvalue weighted by atomic mass is 10.1. The SMILES string of the molecule is COc1cc(OC)cc(C(=O)Oc2ccc3c(c2C)O/C(=C/c2cn(C)c4ccc(OC)cc24)C3=O)c1. The molecule has 4 aromatic rings. The molecule has 0 radical (unpaired) electrons. The van der Waals surface area contributed by atoms with Crippen LogP contribution in [0.25, 0.3) is 17.0 Å². The zero-order valence-corrected chi connectivity index (χ0v) is 21.1. The van der Waals surface area contributed by atoms with Crippen molar-refractivity contribution in [3.63, 3.8) is 0 Å². The molecule has 188 valence electrons. The summed E-state index contributed by atoms with van der Waals surface area (Å²) in [6.07, 6.45) is 3.65. The normalized spacial score (nSPS) is 13.4. The van der Waals surface area contributed by atoms with Gasteiger partial charge in [-0.05, 0) is 55.5 Å². The number of ketones is 1. The third-order valence-corrected chi connectivity index (χ3v) is 6.34. The summed E-state index contributed by atoms with van der Waals surface area (Å²) in [7, 11) is 6.55. The molecule has 37 heavy (non-hydrogen) atoms. The third-order valence-electron chi connectivity index (χ3n) is 6.34. The number of ether oxygens (including phenoxy) is 5. The van der Waals surface area contributed by atoms with Gasteiger partial charge in [0, 0.05) is 41.3 Å². The molecule has 5 rings (SSSR count). The Morgan fingerprint density at radius 2 is 1.62 bits per heavy atom. The van der Waals surface area contributed by atoms with E-state index >= 15 is 0 Å². The number of fused-ring (bicyclic) bond motifs is 2. The highest BCUT2D eigenvalue weighted by atomic mass is 16.5. The van der Waals surface area contributed by atoms with Crippen molar-refractivity contribution < 1.29 is 33.3 Å². The highest BCUT2D eigenvalue weighted by Crippen LogP contribution is 2.40. The van der Waals surface area contributed by atoms with Crippen LogP contribution < -0.4 is 23.7 Å². The van der Waals surface area contributed by atoms with Gasteiger partial charge >= 0.3 is 5.97 Å². The Balaban J connectivity index is 1.45. The summed E-state index contributed by atoms with van der Waals surface area (Å²) >= 11 is 0. The number of rotatable bonds is 6. The number of benzene rings is 3. The number of esters is 1. The van der Waals surface area contributed by atoms with Crippen molar-refractivity contribution in [1.29, 1.82) is 0 Å². The van der Waals surface area contributed by atoms with E-state index in [0.717, 1.165) is 22.2 Å². The van der Waals surface area contributed by atoms with E-state index in [0.29, 0.717) is 28.4 Å². The molecule has 0 fully saturated rings. The zero-order valence-electron chi connectivity index (χ0n) is 21.1. The Morgan fingerprint density at radius 3 is 2.30 bits per heavy atom. The highest BCUT2D eigenvalue weighted by Gasteiger charge is 2.31. The minimum atomic E-state index is -0.593. The van der Waals surface area contributed by atoms with Gasteiger partial charge in [-0.25, -0.2) is 4.79 Å². The maximum atomic E-state index is 13.2. The number of allylic oxidation sites excluding steroid dienone is 1. The lowest BCUT2D eigenvalue weighted by molar-refractivity contribution is 0.0732. The van der Waals surface area contributed by atoms with Crippen LogP contribution in [0.5, 0.6) is 28.7 Å². The molecule has 0 saturated carbocycles. The third kappa shape index (κ3) is 4.27. The molecular formula is C29H25NO7. The Bertz CT molecular complexity index is 1570. The molecule has 8 heteroatoms. The van der Waals surface area contributed by atoms with Gasteiger partial charge in [-0.15, -0.1) is 0 Å². The summed E-state index contributed by atoms with van der Waals surface area (Å²) in [4.78, 5) is 26.0. The monoisotopic (exact) mass is 499 g/mol. The number of methoxy groups -OCH3 is 3. The standard InChI is InChI=1S/C29H25NO7/c1-16-25(37-29(32)17-10-20(34-4)13-21(11-17)35-5)9-7-22-27(31)26(36-28(16)22)12-18-15-30(2)24-8-6-19(33-3)14-23(18)24/h6-15H,1-5H3/b26-12+. The molecule has 0 unspecified atom stereocenters. The van der Waals surface area contributed by atoms with Gasteiger partial charge in [-0.1, -0.05) is 0 Å². The smallest absolute Gasteiger partial charge is 0.343 e. The topological polar surface area (TPSA) is 85.2 Å². The number of aryl methyl sites for hydroxylation is 1. The second-order valence-electron chi connectivity index (χ2n) is 8.57. The number of hydrogen-bond acceptors (Lipinski definition) is 7. The van der Waals surface area contributed by atoms with E-state index < -0.39 is 5.97 Å². The molecule has 0 saturated heterocycles. The predicted molar refractivity (Wildman–Crippen MR) is 138 cm³/mol. The quantitative estimate of drug-likeness (QED) is 0.201. The minimum absolute atomic E-state index is 0.189. The first-order chi connectivity index (χ1) is 17.8. The fraction of sp³-hybridized carbons (Fsp3) is 0.172. The van der Waals surface area contributed by atoms with Crippen molar-refractivity contribution in [2.75, 3.05) is 21.3 Å². The number of aromatic nitrogens is 1. The maximum Gasteiger partial charge on any atom is 0.343 e. The maximum absolute atomic E-state index is 13.2. The van der Waals surface area contributed by atoms with E-state index in [-0.39, 0.29) is 22.9 Å². The molecule has 1 aliphatic heterocycles. The van der Waals surface area contributed by atoms with Crippen LogP contribution in [-0.4, -0.2) is 37.6 Å². The zero-order chi connectivity index (χ0) is 26.3. The molecule has 1 aliphatic rings. The van der Waals surface area contributed by atoms with Gasteiger partial charge in [-0.3, -0.25) is 4.79 Å².